The van der Waals surface area contributed by atoms with Crippen molar-refractivity contribution < 1.29 is 17.1 Å². The zero-order chi connectivity index (χ0) is 10.2. The molecule has 0 aromatic heterocycles. The monoisotopic (exact) mass is 310 g/mol. The van der Waals surface area contributed by atoms with Gasteiger partial charge < -0.3 is 0 Å². The minimum Gasteiger partial charge on any atom is -0.214 e. The van der Waals surface area contributed by atoms with Crippen LogP contribution in [0.2, 0.25) is 0 Å². The van der Waals surface area contributed by atoms with Crippen molar-refractivity contribution in [2.24, 2.45) is 0 Å². The Morgan fingerprint density at radius 3 is 1.07 bits per heavy atom. The minimum absolute atomic E-state index is 0. The first-order chi connectivity index (χ1) is 6.86. The third-order valence-electron chi connectivity index (χ3n) is 1.54. The van der Waals surface area contributed by atoms with E-state index in [1.807, 2.05) is 48.5 Å². The van der Waals surface area contributed by atoms with Gasteiger partial charge in [0.1, 0.15) is 17.7 Å². The van der Waals surface area contributed by atoms with Gasteiger partial charge in [0.15, 0.2) is 0 Å². The molecule has 2 aromatic carbocycles. The number of halogens is 2. The van der Waals surface area contributed by atoms with E-state index in [2.05, 4.69) is 0 Å². The van der Waals surface area contributed by atoms with Crippen molar-refractivity contribution >= 4 is 50.2 Å². The molecule has 2 aromatic rings. The Balaban J connectivity index is 0.000000245. The molecule has 0 aliphatic rings. The molecule has 4 radical (unpaired) electrons. The molecule has 0 saturated heterocycles. The van der Waals surface area contributed by atoms with Crippen LogP contribution in [0.3, 0.4) is 0 Å². The van der Waals surface area contributed by atoms with Gasteiger partial charge in [-0.15, -0.1) is 10.4 Å². The van der Waals surface area contributed by atoms with E-state index in [1.165, 1.54) is 10.4 Å². The van der Waals surface area contributed by atoms with Gasteiger partial charge in [-0.1, -0.05) is 0 Å². The summed E-state index contributed by atoms with van der Waals surface area (Å²) in [6.07, 6.45) is 0. The summed E-state index contributed by atoms with van der Waals surface area (Å²) >= 11 is 11.0. The van der Waals surface area contributed by atoms with Crippen LogP contribution in [0.1, 0.15) is 0 Å². The molecule has 0 bridgehead atoms. The van der Waals surface area contributed by atoms with Crippen molar-refractivity contribution in [2.75, 3.05) is 0 Å². The zero-order valence-corrected chi connectivity index (χ0v) is 12.3. The van der Waals surface area contributed by atoms with E-state index in [1.54, 1.807) is 0 Å². The summed E-state index contributed by atoms with van der Waals surface area (Å²) in [4.78, 5) is 0. The second-order valence-corrected chi connectivity index (χ2v) is 5.20. The molecule has 2 rings (SSSR count). The fourth-order valence-corrected chi connectivity index (χ4v) is 2.27. The SMILES string of the molecule is Cl[Si][c-]1cccc1.Cl[Si][c-]1cccc1.[Fe+2]. The molecule has 0 aliphatic carbocycles. The normalized spacial score (nSPS) is 8.67. The second-order valence-electron chi connectivity index (χ2n) is 2.54. The summed E-state index contributed by atoms with van der Waals surface area (Å²) in [6.45, 7) is 0. The average Bonchev–Trinajstić information content (AvgIpc) is 2.92. The maximum absolute atomic E-state index is 5.50. The van der Waals surface area contributed by atoms with E-state index in [9.17, 15) is 0 Å². The Morgan fingerprint density at radius 2 is 0.933 bits per heavy atom. The van der Waals surface area contributed by atoms with E-state index in [0.717, 1.165) is 0 Å². The summed E-state index contributed by atoms with van der Waals surface area (Å²) in [7, 11) is 0.853. The van der Waals surface area contributed by atoms with Crippen LogP contribution in [-0.2, 0) is 17.1 Å². The molecule has 15 heavy (non-hydrogen) atoms. The molecule has 0 amide bonds. The Kier molecular flexibility index (Phi) is 9.61. The van der Waals surface area contributed by atoms with Crippen molar-refractivity contribution in [2.45, 2.75) is 0 Å². The predicted molar refractivity (Wildman–Crippen MR) is 66.6 cm³/mol. The number of hydrogen-bond acceptors (Lipinski definition) is 0. The third-order valence-corrected chi connectivity index (χ3v) is 3.96. The number of rotatable bonds is 2. The van der Waals surface area contributed by atoms with Crippen LogP contribution in [0.4, 0.5) is 0 Å². The van der Waals surface area contributed by atoms with Crippen LogP contribution < -0.4 is 10.4 Å². The topological polar surface area (TPSA) is 0 Å². The molecule has 0 aliphatic heterocycles. The van der Waals surface area contributed by atoms with Crippen LogP contribution >= 0.6 is 22.2 Å². The molecule has 0 N–H and O–H groups in total. The molecule has 0 spiro atoms. The zero-order valence-electron chi connectivity index (χ0n) is 7.73. The van der Waals surface area contributed by atoms with Gasteiger partial charge in [0.05, 0.1) is 0 Å². The molecular formula is C10H8Cl2FeSi2. The van der Waals surface area contributed by atoms with Crippen LogP contribution in [-0.4, -0.2) is 17.7 Å². The van der Waals surface area contributed by atoms with Gasteiger partial charge in [-0.3, -0.25) is 0 Å². The van der Waals surface area contributed by atoms with Crippen molar-refractivity contribution in [3.63, 3.8) is 0 Å². The summed E-state index contributed by atoms with van der Waals surface area (Å²) in [5, 5.41) is 2.45. The Bertz CT molecular complexity index is 285. The van der Waals surface area contributed by atoms with Gasteiger partial charge in [-0.2, -0.15) is 46.4 Å². The van der Waals surface area contributed by atoms with Crippen LogP contribution in [0, 0.1) is 0 Å². The summed E-state index contributed by atoms with van der Waals surface area (Å²) in [6, 6.07) is 16.0. The molecular weight excluding hydrogens is 303 g/mol. The molecule has 0 atom stereocenters. The van der Waals surface area contributed by atoms with Crippen molar-refractivity contribution in [3.8, 4) is 0 Å². The molecule has 78 valence electrons. The molecule has 0 saturated carbocycles. The first-order valence-electron chi connectivity index (χ1n) is 4.03. The van der Waals surface area contributed by atoms with Crippen molar-refractivity contribution in [1.29, 1.82) is 0 Å². The summed E-state index contributed by atoms with van der Waals surface area (Å²) in [5.74, 6) is 0. The molecule has 0 heterocycles. The van der Waals surface area contributed by atoms with Gasteiger partial charge in [-0.05, 0) is 0 Å². The largest absolute Gasteiger partial charge is 2.00 e. The third kappa shape index (κ3) is 6.41. The van der Waals surface area contributed by atoms with Crippen LogP contribution in [0.15, 0.2) is 48.5 Å². The average molecular weight is 311 g/mol. The Morgan fingerprint density at radius 1 is 0.667 bits per heavy atom. The first kappa shape index (κ1) is 15.2. The standard InChI is InChI=1S/2C5H4ClSi.Fe/c2*6-7-5-3-1-2-4-5;/h2*1-4H;/q2*-1;+2. The van der Waals surface area contributed by atoms with Gasteiger partial charge in [0, 0.05) is 0 Å². The fraction of sp³-hybridized carbons (Fsp3) is 0. The van der Waals surface area contributed by atoms with E-state index in [0.29, 0.717) is 17.7 Å². The minimum atomic E-state index is 0. The summed E-state index contributed by atoms with van der Waals surface area (Å²) in [5.41, 5.74) is 0. The molecule has 0 unspecified atom stereocenters. The molecule has 0 fully saturated rings. The smallest absolute Gasteiger partial charge is 0.214 e. The van der Waals surface area contributed by atoms with Gasteiger partial charge >= 0.3 is 17.1 Å². The molecule has 0 nitrogen and oxygen atoms in total. The fourth-order valence-electron chi connectivity index (χ4n) is 0.874. The van der Waals surface area contributed by atoms with Crippen molar-refractivity contribution in [1.82, 2.24) is 0 Å². The predicted octanol–water partition coefficient (Wildman–Crippen LogP) is 1.78. The van der Waals surface area contributed by atoms with Gasteiger partial charge in [0.25, 0.3) is 0 Å². The van der Waals surface area contributed by atoms with E-state index >= 15 is 0 Å². The summed E-state index contributed by atoms with van der Waals surface area (Å²) < 4.78 is 0. The second kappa shape index (κ2) is 9.46. The number of hydrogen-bond donors (Lipinski definition) is 0. The Labute approximate surface area is 115 Å². The molecule has 5 heteroatoms. The maximum atomic E-state index is 5.50. The quantitative estimate of drug-likeness (QED) is 0.451. The van der Waals surface area contributed by atoms with E-state index < -0.39 is 0 Å². The van der Waals surface area contributed by atoms with Crippen LogP contribution in [0.25, 0.3) is 0 Å². The van der Waals surface area contributed by atoms with Crippen molar-refractivity contribution in [3.05, 3.63) is 48.5 Å². The first-order valence-corrected chi connectivity index (χ1v) is 8.06. The van der Waals surface area contributed by atoms with Gasteiger partial charge in [0.2, 0.25) is 0 Å². The van der Waals surface area contributed by atoms with Gasteiger partial charge in [-0.25, -0.2) is 24.3 Å². The Hall–Kier alpha value is 0.233. The maximum Gasteiger partial charge on any atom is 2.00 e. The van der Waals surface area contributed by atoms with E-state index in [4.69, 9.17) is 22.2 Å². The van der Waals surface area contributed by atoms with E-state index in [-0.39, 0.29) is 17.1 Å². The van der Waals surface area contributed by atoms with Crippen LogP contribution in [0.5, 0.6) is 0 Å².